The summed E-state index contributed by atoms with van der Waals surface area (Å²) in [6.45, 7) is 3.97. The number of pyridine rings is 1. The molecule has 0 radical (unpaired) electrons. The molecule has 4 aromatic rings. The van der Waals surface area contributed by atoms with E-state index in [4.69, 9.17) is 20.8 Å². The molecule has 0 spiro atoms. The van der Waals surface area contributed by atoms with Crippen molar-refractivity contribution in [2.75, 3.05) is 7.11 Å². The maximum absolute atomic E-state index is 13.5. The fourth-order valence-corrected chi connectivity index (χ4v) is 3.69. The summed E-state index contributed by atoms with van der Waals surface area (Å²) >= 11 is 6.01. The highest BCUT2D eigenvalue weighted by molar-refractivity contribution is 6.30. The van der Waals surface area contributed by atoms with Crippen molar-refractivity contribution in [2.45, 2.75) is 32.4 Å². The molecule has 1 amide bonds. The number of benzene rings is 1. The Morgan fingerprint density at radius 3 is 2.61 bits per heavy atom. The minimum Gasteiger partial charge on any atom is -0.469 e. The summed E-state index contributed by atoms with van der Waals surface area (Å²) in [5.41, 5.74) is 2.19. The van der Waals surface area contributed by atoms with E-state index in [-0.39, 0.29) is 18.4 Å². The van der Waals surface area contributed by atoms with Crippen molar-refractivity contribution in [3.63, 3.8) is 0 Å². The molecule has 0 saturated heterocycles. The summed E-state index contributed by atoms with van der Waals surface area (Å²) in [4.78, 5) is 30.2. The highest BCUT2D eigenvalue weighted by atomic mass is 35.5. The standard InChI is InChI=1S/C24H23ClN4O4/c1-14(2)29-23-18(13-26-29)17(11-20(27-23)21-5-4-10-33-21)24(31)28-19(12-22(30)32-3)15-6-8-16(25)9-7-15/h4-11,13-14,19H,12H2,1-3H3,(H,28,31). The van der Waals surface area contributed by atoms with Crippen molar-refractivity contribution >= 4 is 34.5 Å². The second-order valence-electron chi connectivity index (χ2n) is 7.81. The first-order valence-corrected chi connectivity index (χ1v) is 10.8. The summed E-state index contributed by atoms with van der Waals surface area (Å²) < 4.78 is 12.1. The van der Waals surface area contributed by atoms with Crippen LogP contribution in [0.5, 0.6) is 0 Å². The topological polar surface area (TPSA) is 99.2 Å². The van der Waals surface area contributed by atoms with Crippen molar-refractivity contribution in [1.29, 1.82) is 0 Å². The summed E-state index contributed by atoms with van der Waals surface area (Å²) in [6, 6.07) is 11.6. The van der Waals surface area contributed by atoms with Gasteiger partial charge in [0.2, 0.25) is 0 Å². The quantitative estimate of drug-likeness (QED) is 0.386. The van der Waals surface area contributed by atoms with Gasteiger partial charge in [0.15, 0.2) is 11.4 Å². The number of carbonyl (C=O) groups excluding carboxylic acids is 2. The lowest BCUT2D eigenvalue weighted by Crippen LogP contribution is -2.30. The van der Waals surface area contributed by atoms with Crippen LogP contribution in [0, 0.1) is 0 Å². The highest BCUT2D eigenvalue weighted by Crippen LogP contribution is 2.28. The van der Waals surface area contributed by atoms with Gasteiger partial charge in [0.05, 0.1) is 43.0 Å². The van der Waals surface area contributed by atoms with Crippen molar-refractivity contribution in [3.05, 3.63) is 71.1 Å². The third kappa shape index (κ3) is 4.75. The second kappa shape index (κ2) is 9.46. The zero-order valence-electron chi connectivity index (χ0n) is 18.4. The Kier molecular flexibility index (Phi) is 6.46. The van der Waals surface area contributed by atoms with E-state index in [9.17, 15) is 9.59 Å². The van der Waals surface area contributed by atoms with Gasteiger partial charge in [-0.05, 0) is 49.7 Å². The van der Waals surface area contributed by atoms with Crippen LogP contribution in [-0.2, 0) is 9.53 Å². The highest BCUT2D eigenvalue weighted by Gasteiger charge is 2.24. The van der Waals surface area contributed by atoms with E-state index >= 15 is 0 Å². The van der Waals surface area contributed by atoms with E-state index in [1.54, 1.807) is 59.6 Å². The van der Waals surface area contributed by atoms with Crippen molar-refractivity contribution in [3.8, 4) is 11.5 Å². The lowest BCUT2D eigenvalue weighted by atomic mass is 10.0. The molecule has 3 aromatic heterocycles. The zero-order valence-corrected chi connectivity index (χ0v) is 19.2. The van der Waals surface area contributed by atoms with Gasteiger partial charge in [-0.25, -0.2) is 9.67 Å². The molecule has 1 N–H and O–H groups in total. The minimum absolute atomic E-state index is 0.0333. The smallest absolute Gasteiger partial charge is 0.307 e. The number of esters is 1. The summed E-state index contributed by atoms with van der Waals surface area (Å²) in [5, 5.41) is 8.54. The Bertz CT molecular complexity index is 1280. The van der Waals surface area contributed by atoms with Crippen LogP contribution in [0.2, 0.25) is 5.02 Å². The van der Waals surface area contributed by atoms with Crippen LogP contribution in [-0.4, -0.2) is 33.8 Å². The first-order chi connectivity index (χ1) is 15.9. The number of furan rings is 1. The number of rotatable bonds is 7. The van der Waals surface area contributed by atoms with Crippen molar-refractivity contribution < 1.29 is 18.7 Å². The van der Waals surface area contributed by atoms with Gasteiger partial charge >= 0.3 is 5.97 Å². The van der Waals surface area contributed by atoms with E-state index in [0.717, 1.165) is 5.56 Å². The largest absolute Gasteiger partial charge is 0.469 e. The predicted octanol–water partition coefficient (Wildman–Crippen LogP) is 4.96. The third-order valence-corrected chi connectivity index (χ3v) is 5.50. The molecule has 0 aliphatic heterocycles. The van der Waals surface area contributed by atoms with Crippen LogP contribution in [0.3, 0.4) is 0 Å². The summed E-state index contributed by atoms with van der Waals surface area (Å²) in [5.74, 6) is -0.285. The molecule has 3 heterocycles. The van der Waals surface area contributed by atoms with Crippen LogP contribution in [0.15, 0.2) is 59.3 Å². The van der Waals surface area contributed by atoms with E-state index in [1.807, 2.05) is 13.8 Å². The molecule has 0 saturated carbocycles. The molecule has 9 heteroatoms. The number of nitrogens with one attached hydrogen (secondary N) is 1. The van der Waals surface area contributed by atoms with Gasteiger partial charge in [0.1, 0.15) is 5.69 Å². The van der Waals surface area contributed by atoms with Crippen LogP contribution in [0.25, 0.3) is 22.5 Å². The molecule has 0 aliphatic carbocycles. The maximum atomic E-state index is 13.5. The molecule has 1 unspecified atom stereocenters. The van der Waals surface area contributed by atoms with Gasteiger partial charge in [-0.15, -0.1) is 0 Å². The summed E-state index contributed by atoms with van der Waals surface area (Å²) in [7, 11) is 1.31. The number of hydrogen-bond donors (Lipinski definition) is 1. The van der Waals surface area contributed by atoms with E-state index in [2.05, 4.69) is 15.4 Å². The Morgan fingerprint density at radius 1 is 1.21 bits per heavy atom. The van der Waals surface area contributed by atoms with Crippen LogP contribution in [0.1, 0.15) is 48.3 Å². The third-order valence-electron chi connectivity index (χ3n) is 5.25. The molecule has 170 valence electrons. The van der Waals surface area contributed by atoms with Gasteiger partial charge < -0.3 is 14.5 Å². The maximum Gasteiger partial charge on any atom is 0.307 e. The Balaban J connectivity index is 1.76. The average molecular weight is 467 g/mol. The second-order valence-corrected chi connectivity index (χ2v) is 8.25. The van der Waals surface area contributed by atoms with Gasteiger partial charge in [0, 0.05) is 11.1 Å². The van der Waals surface area contributed by atoms with Gasteiger partial charge in [0.25, 0.3) is 5.91 Å². The first-order valence-electron chi connectivity index (χ1n) is 10.4. The molecule has 1 atom stereocenters. The van der Waals surface area contributed by atoms with E-state index in [1.165, 1.54) is 7.11 Å². The van der Waals surface area contributed by atoms with E-state index < -0.39 is 12.0 Å². The SMILES string of the molecule is COC(=O)CC(NC(=O)c1cc(-c2ccco2)nc2c1cnn2C(C)C)c1ccc(Cl)cc1. The van der Waals surface area contributed by atoms with Crippen LogP contribution in [0.4, 0.5) is 0 Å². The zero-order chi connectivity index (χ0) is 23.5. The van der Waals surface area contributed by atoms with Gasteiger partial charge in [-0.2, -0.15) is 5.10 Å². The molecule has 4 rings (SSSR count). The van der Waals surface area contributed by atoms with Crippen LogP contribution < -0.4 is 5.32 Å². The molecule has 0 aliphatic rings. The number of methoxy groups -OCH3 is 1. The lowest BCUT2D eigenvalue weighted by molar-refractivity contribution is -0.141. The van der Waals surface area contributed by atoms with Gasteiger partial charge in [-0.3, -0.25) is 9.59 Å². The van der Waals surface area contributed by atoms with Crippen molar-refractivity contribution in [2.24, 2.45) is 0 Å². The number of hydrogen-bond acceptors (Lipinski definition) is 6. The number of fused-ring (bicyclic) bond motifs is 1. The Labute approximate surface area is 195 Å². The molecule has 0 fully saturated rings. The number of nitrogens with zero attached hydrogens (tertiary/aromatic N) is 3. The van der Waals surface area contributed by atoms with Gasteiger partial charge in [-0.1, -0.05) is 23.7 Å². The molecule has 33 heavy (non-hydrogen) atoms. The fraction of sp³-hybridized carbons (Fsp3) is 0.250. The molecule has 1 aromatic carbocycles. The summed E-state index contributed by atoms with van der Waals surface area (Å²) in [6.07, 6.45) is 3.14. The monoisotopic (exact) mass is 466 g/mol. The molecular formula is C24H23ClN4O4. The number of halogens is 1. The van der Waals surface area contributed by atoms with E-state index in [0.29, 0.717) is 33.1 Å². The first kappa shape index (κ1) is 22.5. The number of ether oxygens (including phenoxy) is 1. The lowest BCUT2D eigenvalue weighted by Gasteiger charge is -2.19. The Morgan fingerprint density at radius 2 is 1.97 bits per heavy atom. The molecular weight excluding hydrogens is 444 g/mol. The predicted molar refractivity (Wildman–Crippen MR) is 124 cm³/mol. The normalized spacial score (nSPS) is 12.2. The number of carbonyl (C=O) groups is 2. The van der Waals surface area contributed by atoms with Crippen LogP contribution >= 0.6 is 11.6 Å². The average Bonchev–Trinajstić information content (AvgIpc) is 3.48. The minimum atomic E-state index is -0.613. The molecule has 0 bridgehead atoms. The molecule has 8 nitrogen and oxygen atoms in total. The number of aromatic nitrogens is 3. The Hall–Kier alpha value is -3.65. The van der Waals surface area contributed by atoms with Crippen molar-refractivity contribution in [1.82, 2.24) is 20.1 Å². The number of amides is 1. The fourth-order valence-electron chi connectivity index (χ4n) is 3.57.